The van der Waals surface area contributed by atoms with Gasteiger partial charge in [-0.1, -0.05) is 26.3 Å². The van der Waals surface area contributed by atoms with E-state index in [1.54, 1.807) is 6.07 Å². The van der Waals surface area contributed by atoms with Crippen LogP contribution in [0.15, 0.2) is 34.7 Å². The van der Waals surface area contributed by atoms with Gasteiger partial charge in [-0.05, 0) is 42.7 Å². The number of benzene rings is 1. The third-order valence-electron chi connectivity index (χ3n) is 3.25. The van der Waals surface area contributed by atoms with Crippen molar-refractivity contribution in [1.82, 2.24) is 0 Å². The molecule has 0 atom stereocenters. The molecule has 0 amide bonds. The molecular formula is C18H22O5. The van der Waals surface area contributed by atoms with Crippen LogP contribution in [-0.2, 0) is 13.0 Å². The van der Waals surface area contributed by atoms with Gasteiger partial charge in [0, 0.05) is 0 Å². The molecule has 124 valence electrons. The summed E-state index contributed by atoms with van der Waals surface area (Å²) in [6, 6.07) is 8.92. The standard InChI is InChI=1S/C18H22O5/c1-3-5-13-6-8-15(17(11-13)21-10-4-2)22-12-14-7-9-16(23-14)18(19)20/h6-9,11H,3-5,10,12H2,1-2H3,(H,19,20). The van der Waals surface area contributed by atoms with E-state index in [0.717, 1.165) is 19.3 Å². The number of ether oxygens (including phenoxy) is 2. The molecule has 0 fully saturated rings. The lowest BCUT2D eigenvalue weighted by Gasteiger charge is -2.13. The van der Waals surface area contributed by atoms with E-state index in [1.807, 2.05) is 25.1 Å². The number of hydrogen-bond donors (Lipinski definition) is 1. The van der Waals surface area contributed by atoms with Gasteiger partial charge >= 0.3 is 5.97 Å². The van der Waals surface area contributed by atoms with Crippen LogP contribution in [0.5, 0.6) is 11.5 Å². The van der Waals surface area contributed by atoms with Crippen molar-refractivity contribution in [3.8, 4) is 11.5 Å². The van der Waals surface area contributed by atoms with Gasteiger partial charge in [-0.2, -0.15) is 0 Å². The number of hydrogen-bond acceptors (Lipinski definition) is 4. The second-order valence-electron chi connectivity index (χ2n) is 5.24. The highest BCUT2D eigenvalue weighted by Crippen LogP contribution is 2.30. The molecule has 1 heterocycles. The summed E-state index contributed by atoms with van der Waals surface area (Å²) in [6.45, 7) is 4.96. The first kappa shape index (κ1) is 16.9. The van der Waals surface area contributed by atoms with Crippen molar-refractivity contribution in [2.75, 3.05) is 6.61 Å². The second-order valence-corrected chi connectivity index (χ2v) is 5.24. The lowest BCUT2D eigenvalue weighted by atomic mass is 10.1. The summed E-state index contributed by atoms with van der Waals surface area (Å²) in [6.07, 6.45) is 2.97. The van der Waals surface area contributed by atoms with Crippen LogP contribution in [0.1, 0.15) is 48.6 Å². The highest BCUT2D eigenvalue weighted by molar-refractivity contribution is 5.84. The highest BCUT2D eigenvalue weighted by Gasteiger charge is 2.11. The number of rotatable bonds is 9. The molecule has 1 N–H and O–H groups in total. The first-order chi connectivity index (χ1) is 11.1. The summed E-state index contributed by atoms with van der Waals surface area (Å²) in [5.74, 6) is 0.618. The Labute approximate surface area is 135 Å². The number of carboxylic acid groups (broad SMARTS) is 1. The summed E-state index contributed by atoms with van der Waals surface area (Å²) >= 11 is 0. The van der Waals surface area contributed by atoms with Crippen LogP contribution in [0.4, 0.5) is 0 Å². The lowest BCUT2D eigenvalue weighted by molar-refractivity contribution is 0.0658. The van der Waals surface area contributed by atoms with Gasteiger partial charge in [-0.15, -0.1) is 0 Å². The van der Waals surface area contributed by atoms with Crippen molar-refractivity contribution in [1.29, 1.82) is 0 Å². The van der Waals surface area contributed by atoms with Crippen molar-refractivity contribution < 1.29 is 23.8 Å². The summed E-state index contributed by atoms with van der Waals surface area (Å²) in [5.41, 5.74) is 1.21. The molecule has 1 aromatic carbocycles. The average molecular weight is 318 g/mol. The van der Waals surface area contributed by atoms with Crippen LogP contribution in [0.25, 0.3) is 0 Å². The van der Waals surface area contributed by atoms with Crippen molar-refractivity contribution in [3.63, 3.8) is 0 Å². The molecule has 2 rings (SSSR count). The van der Waals surface area contributed by atoms with Crippen molar-refractivity contribution in [3.05, 3.63) is 47.4 Å². The van der Waals surface area contributed by atoms with E-state index in [4.69, 9.17) is 19.0 Å². The van der Waals surface area contributed by atoms with E-state index in [2.05, 4.69) is 6.92 Å². The minimum atomic E-state index is -1.09. The molecule has 0 saturated carbocycles. The van der Waals surface area contributed by atoms with E-state index < -0.39 is 5.97 Å². The number of carboxylic acids is 1. The Hall–Kier alpha value is -2.43. The maximum atomic E-state index is 10.8. The van der Waals surface area contributed by atoms with Crippen LogP contribution in [-0.4, -0.2) is 17.7 Å². The predicted octanol–water partition coefficient (Wildman–Crippen LogP) is 4.30. The average Bonchev–Trinajstić information content (AvgIpc) is 3.01. The van der Waals surface area contributed by atoms with E-state index >= 15 is 0 Å². The van der Waals surface area contributed by atoms with Crippen LogP contribution in [0.3, 0.4) is 0 Å². The van der Waals surface area contributed by atoms with Gasteiger partial charge in [0.2, 0.25) is 5.76 Å². The Balaban J connectivity index is 2.08. The van der Waals surface area contributed by atoms with Gasteiger partial charge in [-0.25, -0.2) is 4.79 Å². The third kappa shape index (κ3) is 4.77. The number of carbonyl (C=O) groups is 1. The predicted molar refractivity (Wildman–Crippen MR) is 86.2 cm³/mol. The van der Waals surface area contributed by atoms with E-state index in [9.17, 15) is 4.79 Å². The molecule has 23 heavy (non-hydrogen) atoms. The Morgan fingerprint density at radius 2 is 1.91 bits per heavy atom. The van der Waals surface area contributed by atoms with Crippen molar-refractivity contribution in [2.24, 2.45) is 0 Å². The van der Waals surface area contributed by atoms with Crippen LogP contribution < -0.4 is 9.47 Å². The summed E-state index contributed by atoms with van der Waals surface area (Å²) in [7, 11) is 0. The molecule has 0 aliphatic heterocycles. The Morgan fingerprint density at radius 3 is 2.57 bits per heavy atom. The van der Waals surface area contributed by atoms with E-state index in [1.165, 1.54) is 11.6 Å². The zero-order valence-electron chi connectivity index (χ0n) is 13.5. The van der Waals surface area contributed by atoms with Crippen LogP contribution >= 0.6 is 0 Å². The fourth-order valence-corrected chi connectivity index (χ4v) is 2.16. The lowest BCUT2D eigenvalue weighted by Crippen LogP contribution is -2.01. The molecule has 0 aliphatic carbocycles. The fraction of sp³-hybridized carbons (Fsp3) is 0.389. The molecule has 0 bridgehead atoms. The van der Waals surface area contributed by atoms with E-state index in [0.29, 0.717) is 23.9 Å². The largest absolute Gasteiger partial charge is 0.490 e. The zero-order chi connectivity index (χ0) is 16.7. The third-order valence-corrected chi connectivity index (χ3v) is 3.25. The van der Waals surface area contributed by atoms with Crippen LogP contribution in [0, 0.1) is 0 Å². The molecular weight excluding hydrogens is 296 g/mol. The number of aromatic carboxylic acids is 1. The molecule has 0 spiro atoms. The summed E-state index contributed by atoms with van der Waals surface area (Å²) in [4.78, 5) is 10.8. The maximum Gasteiger partial charge on any atom is 0.371 e. The molecule has 2 aromatic rings. The summed E-state index contributed by atoms with van der Waals surface area (Å²) in [5, 5.41) is 8.85. The Kier molecular flexibility index (Phi) is 6.09. The van der Waals surface area contributed by atoms with Gasteiger partial charge in [0.1, 0.15) is 12.4 Å². The molecule has 0 radical (unpaired) electrons. The molecule has 0 unspecified atom stereocenters. The quantitative estimate of drug-likeness (QED) is 0.746. The van der Waals surface area contributed by atoms with Crippen molar-refractivity contribution >= 4 is 5.97 Å². The first-order valence-corrected chi connectivity index (χ1v) is 7.84. The topological polar surface area (TPSA) is 68.9 Å². The molecule has 5 nitrogen and oxygen atoms in total. The van der Waals surface area contributed by atoms with E-state index in [-0.39, 0.29) is 12.4 Å². The molecule has 1 aromatic heterocycles. The normalized spacial score (nSPS) is 10.5. The minimum Gasteiger partial charge on any atom is -0.490 e. The smallest absolute Gasteiger partial charge is 0.371 e. The van der Waals surface area contributed by atoms with Gasteiger partial charge in [-0.3, -0.25) is 0 Å². The second kappa shape index (κ2) is 8.27. The Bertz CT molecular complexity index is 645. The zero-order valence-corrected chi connectivity index (χ0v) is 13.5. The van der Waals surface area contributed by atoms with Gasteiger partial charge in [0.15, 0.2) is 11.5 Å². The monoisotopic (exact) mass is 318 g/mol. The summed E-state index contributed by atoms with van der Waals surface area (Å²) < 4.78 is 16.7. The number of furan rings is 1. The first-order valence-electron chi connectivity index (χ1n) is 7.84. The Morgan fingerprint density at radius 1 is 1.09 bits per heavy atom. The maximum absolute atomic E-state index is 10.8. The molecule has 5 heteroatoms. The molecule has 0 aliphatic rings. The van der Waals surface area contributed by atoms with Crippen molar-refractivity contribution in [2.45, 2.75) is 39.7 Å². The minimum absolute atomic E-state index is 0.0932. The number of aryl methyl sites for hydroxylation is 1. The fourth-order valence-electron chi connectivity index (χ4n) is 2.16. The molecule has 0 saturated heterocycles. The van der Waals surface area contributed by atoms with Gasteiger partial charge in [0.05, 0.1) is 6.61 Å². The van der Waals surface area contributed by atoms with Gasteiger partial charge in [0.25, 0.3) is 0 Å². The van der Waals surface area contributed by atoms with Gasteiger partial charge < -0.3 is 19.0 Å². The highest BCUT2D eigenvalue weighted by atomic mass is 16.5. The SMILES string of the molecule is CCCOc1cc(CCC)ccc1OCc1ccc(C(=O)O)o1. The van der Waals surface area contributed by atoms with Crippen LogP contribution in [0.2, 0.25) is 0 Å².